The zero-order valence-electron chi connectivity index (χ0n) is 8.35. The Bertz CT molecular complexity index is 718. The van der Waals surface area contributed by atoms with E-state index in [-0.39, 0.29) is 23.2 Å². The van der Waals surface area contributed by atoms with Gasteiger partial charge in [-0.3, -0.25) is 5.41 Å². The second kappa shape index (κ2) is 2.85. The van der Waals surface area contributed by atoms with Crippen molar-refractivity contribution in [1.29, 1.82) is 10.7 Å². The highest BCUT2D eigenvalue weighted by Crippen LogP contribution is 2.31. The SMILES string of the molecule is N#CC1C(N)=Nc2nc(=O)[nH]c3c2C1=NC3=N. The number of nitrogens with one attached hydrogen (secondary N) is 2. The van der Waals surface area contributed by atoms with Gasteiger partial charge in [-0.2, -0.15) is 10.2 Å². The maximum Gasteiger partial charge on any atom is 0.347 e. The van der Waals surface area contributed by atoms with Crippen molar-refractivity contribution in [2.75, 3.05) is 0 Å². The Morgan fingerprint density at radius 1 is 1.47 bits per heavy atom. The van der Waals surface area contributed by atoms with E-state index >= 15 is 0 Å². The predicted molar refractivity (Wildman–Crippen MR) is 58.6 cm³/mol. The highest BCUT2D eigenvalue weighted by atomic mass is 16.1. The number of H-pyrrole nitrogens is 1. The zero-order chi connectivity index (χ0) is 12.2. The molecule has 0 bridgehead atoms. The van der Waals surface area contributed by atoms with Gasteiger partial charge in [0, 0.05) is 0 Å². The van der Waals surface area contributed by atoms with Gasteiger partial charge < -0.3 is 10.7 Å². The number of amidine groups is 2. The van der Waals surface area contributed by atoms with Crippen LogP contribution < -0.4 is 11.4 Å². The molecular formula is C9H5N7O. The largest absolute Gasteiger partial charge is 0.386 e. The molecule has 0 fully saturated rings. The van der Waals surface area contributed by atoms with Crippen LogP contribution in [0.2, 0.25) is 0 Å². The molecule has 1 atom stereocenters. The summed E-state index contributed by atoms with van der Waals surface area (Å²) < 4.78 is 0. The van der Waals surface area contributed by atoms with Crippen molar-refractivity contribution in [1.82, 2.24) is 9.97 Å². The van der Waals surface area contributed by atoms with Gasteiger partial charge in [0.2, 0.25) is 0 Å². The summed E-state index contributed by atoms with van der Waals surface area (Å²) in [5.41, 5.74) is 5.99. The smallest absolute Gasteiger partial charge is 0.347 e. The van der Waals surface area contributed by atoms with Crippen LogP contribution in [-0.2, 0) is 0 Å². The lowest BCUT2D eigenvalue weighted by Crippen LogP contribution is -2.33. The molecule has 0 aliphatic carbocycles. The molecule has 2 aliphatic rings. The highest BCUT2D eigenvalue weighted by Gasteiger charge is 2.36. The maximum absolute atomic E-state index is 11.3. The van der Waals surface area contributed by atoms with Crippen molar-refractivity contribution >= 4 is 23.2 Å². The summed E-state index contributed by atoms with van der Waals surface area (Å²) in [5, 5.41) is 16.6. The van der Waals surface area contributed by atoms with Gasteiger partial charge in [-0.25, -0.2) is 14.8 Å². The van der Waals surface area contributed by atoms with Gasteiger partial charge in [-0.05, 0) is 0 Å². The minimum Gasteiger partial charge on any atom is -0.386 e. The Morgan fingerprint density at radius 2 is 2.24 bits per heavy atom. The minimum atomic E-state index is -0.795. The predicted octanol–water partition coefficient (Wildman–Crippen LogP) is -0.960. The third-order valence-corrected chi connectivity index (χ3v) is 2.57. The third kappa shape index (κ3) is 1.07. The molecule has 0 amide bonds. The van der Waals surface area contributed by atoms with E-state index in [0.29, 0.717) is 11.3 Å². The van der Waals surface area contributed by atoms with Crippen LogP contribution in [0.3, 0.4) is 0 Å². The second-order valence-corrected chi connectivity index (χ2v) is 3.56. The van der Waals surface area contributed by atoms with E-state index in [1.165, 1.54) is 0 Å². The van der Waals surface area contributed by atoms with Crippen LogP contribution >= 0.6 is 0 Å². The van der Waals surface area contributed by atoms with Crippen molar-refractivity contribution in [3.63, 3.8) is 0 Å². The number of aromatic nitrogens is 2. The van der Waals surface area contributed by atoms with E-state index in [1.54, 1.807) is 0 Å². The molecule has 1 unspecified atom stereocenters. The minimum absolute atomic E-state index is 0.0394. The van der Waals surface area contributed by atoms with Crippen LogP contribution in [0.4, 0.5) is 5.82 Å². The quantitative estimate of drug-likeness (QED) is 0.524. The fourth-order valence-corrected chi connectivity index (χ4v) is 1.86. The molecular weight excluding hydrogens is 222 g/mol. The number of hydrogen-bond acceptors (Lipinski definition) is 6. The van der Waals surface area contributed by atoms with Crippen LogP contribution in [0.25, 0.3) is 0 Å². The van der Waals surface area contributed by atoms with Crippen LogP contribution in [0.15, 0.2) is 14.8 Å². The average molecular weight is 227 g/mol. The normalized spacial score (nSPS) is 20.4. The standard InChI is InChI=1S/C9H5N7O/c10-1-2-4-3-5(7(12)13-4)14-9(17)16-8(3)15-6(2)11/h2,12H,(H3,11,14,15,16,17). The first kappa shape index (κ1) is 9.41. The molecule has 0 saturated heterocycles. The molecule has 17 heavy (non-hydrogen) atoms. The topological polar surface area (TPSA) is 144 Å². The van der Waals surface area contributed by atoms with E-state index in [0.717, 1.165) is 0 Å². The van der Waals surface area contributed by atoms with E-state index in [4.69, 9.17) is 16.4 Å². The molecule has 1 aromatic heterocycles. The Morgan fingerprint density at radius 3 is 2.94 bits per heavy atom. The van der Waals surface area contributed by atoms with Gasteiger partial charge in [-0.1, -0.05) is 0 Å². The molecule has 8 heteroatoms. The molecule has 0 aromatic carbocycles. The Balaban J connectivity index is 2.42. The Hall–Kier alpha value is -2.82. The van der Waals surface area contributed by atoms with Crippen LogP contribution in [0.1, 0.15) is 11.3 Å². The molecule has 2 aliphatic heterocycles. The van der Waals surface area contributed by atoms with E-state index in [9.17, 15) is 4.79 Å². The summed E-state index contributed by atoms with van der Waals surface area (Å²) in [4.78, 5) is 25.2. The highest BCUT2D eigenvalue weighted by molar-refractivity contribution is 6.30. The molecule has 3 heterocycles. The van der Waals surface area contributed by atoms with Crippen molar-refractivity contribution in [2.24, 2.45) is 21.6 Å². The molecule has 0 spiro atoms. The summed E-state index contributed by atoms with van der Waals surface area (Å²) >= 11 is 0. The van der Waals surface area contributed by atoms with Gasteiger partial charge in [0.1, 0.15) is 17.4 Å². The number of nitriles is 1. The van der Waals surface area contributed by atoms with Gasteiger partial charge in [0.25, 0.3) is 0 Å². The number of aliphatic imine (C=N–C) groups is 2. The van der Waals surface area contributed by atoms with Crippen molar-refractivity contribution in [3.05, 3.63) is 21.7 Å². The number of hydrogen-bond donors (Lipinski definition) is 3. The molecule has 3 rings (SSSR count). The second-order valence-electron chi connectivity index (χ2n) is 3.56. The van der Waals surface area contributed by atoms with E-state index in [2.05, 4.69) is 20.0 Å². The Kier molecular flexibility index (Phi) is 1.58. The number of nitrogens with zero attached hydrogens (tertiary/aromatic N) is 4. The molecule has 4 N–H and O–H groups in total. The molecule has 0 radical (unpaired) electrons. The van der Waals surface area contributed by atoms with Gasteiger partial charge in [0.15, 0.2) is 11.7 Å². The van der Waals surface area contributed by atoms with E-state index in [1.807, 2.05) is 6.07 Å². The number of rotatable bonds is 0. The van der Waals surface area contributed by atoms with Gasteiger partial charge in [-0.15, -0.1) is 0 Å². The zero-order valence-corrected chi connectivity index (χ0v) is 8.35. The molecule has 1 aromatic rings. The summed E-state index contributed by atoms with van der Waals surface area (Å²) in [7, 11) is 0. The fourth-order valence-electron chi connectivity index (χ4n) is 1.86. The Labute approximate surface area is 94.1 Å². The first-order valence-corrected chi connectivity index (χ1v) is 4.67. The van der Waals surface area contributed by atoms with E-state index < -0.39 is 11.6 Å². The number of aromatic amines is 1. The van der Waals surface area contributed by atoms with Gasteiger partial charge >= 0.3 is 5.69 Å². The van der Waals surface area contributed by atoms with Crippen molar-refractivity contribution in [2.45, 2.75) is 0 Å². The lowest BCUT2D eigenvalue weighted by Gasteiger charge is -2.15. The average Bonchev–Trinajstić information content (AvgIpc) is 2.57. The van der Waals surface area contributed by atoms with Crippen LogP contribution in [0, 0.1) is 22.7 Å². The van der Waals surface area contributed by atoms with Crippen LogP contribution in [0.5, 0.6) is 0 Å². The third-order valence-electron chi connectivity index (χ3n) is 2.57. The first-order valence-electron chi connectivity index (χ1n) is 4.67. The van der Waals surface area contributed by atoms with Gasteiger partial charge in [0.05, 0.1) is 17.3 Å². The summed E-state index contributed by atoms with van der Waals surface area (Å²) in [6, 6.07) is 1.96. The fraction of sp³-hybridized carbons (Fsp3) is 0.111. The van der Waals surface area contributed by atoms with Crippen molar-refractivity contribution < 1.29 is 0 Å². The summed E-state index contributed by atoms with van der Waals surface area (Å²) in [5.74, 6) is -0.746. The molecule has 82 valence electrons. The molecule has 0 saturated carbocycles. The van der Waals surface area contributed by atoms with Crippen LogP contribution in [-0.4, -0.2) is 27.4 Å². The lowest BCUT2D eigenvalue weighted by molar-refractivity contribution is 1.03. The maximum atomic E-state index is 11.3. The summed E-state index contributed by atoms with van der Waals surface area (Å²) in [6.07, 6.45) is 0. The molecule has 8 nitrogen and oxygen atoms in total. The monoisotopic (exact) mass is 227 g/mol. The first-order chi connectivity index (χ1) is 8.11. The lowest BCUT2D eigenvalue weighted by atomic mass is 9.95. The summed E-state index contributed by atoms with van der Waals surface area (Å²) in [6.45, 7) is 0. The number of nitrogens with two attached hydrogens (primary N) is 1. The van der Waals surface area contributed by atoms with Crippen molar-refractivity contribution in [3.8, 4) is 6.07 Å².